The van der Waals surface area contributed by atoms with Gasteiger partial charge in [-0.15, -0.1) is 0 Å². The second-order valence-corrected chi connectivity index (χ2v) is 6.03. The Bertz CT molecular complexity index is 534. The molecule has 108 valence electrons. The third kappa shape index (κ3) is 2.77. The number of hydrogen-bond acceptors (Lipinski definition) is 2. The van der Waals surface area contributed by atoms with E-state index in [1.165, 1.54) is 0 Å². The Morgan fingerprint density at radius 3 is 2.65 bits per heavy atom. The quantitative estimate of drug-likeness (QED) is 0.793. The van der Waals surface area contributed by atoms with Crippen LogP contribution in [-0.4, -0.2) is 18.2 Å². The molecule has 1 aromatic carbocycles. The zero-order valence-electron chi connectivity index (χ0n) is 12.8. The van der Waals surface area contributed by atoms with E-state index in [4.69, 9.17) is 0 Å². The molecule has 1 aliphatic heterocycles. The van der Waals surface area contributed by atoms with Gasteiger partial charge in [0.05, 0.1) is 5.92 Å². The predicted octanol–water partition coefficient (Wildman–Crippen LogP) is 3.27. The fourth-order valence-corrected chi connectivity index (χ4v) is 2.79. The lowest BCUT2D eigenvalue weighted by Gasteiger charge is -2.33. The van der Waals surface area contributed by atoms with Gasteiger partial charge in [0.1, 0.15) is 5.78 Å². The number of carbonyl (C=O) groups is 2. The molecule has 0 aliphatic carbocycles. The molecule has 0 N–H and O–H groups in total. The van der Waals surface area contributed by atoms with E-state index in [0.717, 1.165) is 23.2 Å². The first-order valence-electron chi connectivity index (χ1n) is 7.34. The zero-order valence-corrected chi connectivity index (χ0v) is 12.8. The van der Waals surface area contributed by atoms with Crippen molar-refractivity contribution in [3.8, 4) is 0 Å². The van der Waals surface area contributed by atoms with Gasteiger partial charge in [-0.05, 0) is 43.9 Å². The summed E-state index contributed by atoms with van der Waals surface area (Å²) in [6, 6.07) is 6.12. The van der Waals surface area contributed by atoms with Crippen LogP contribution < -0.4 is 4.90 Å². The largest absolute Gasteiger partial charge is 0.312 e. The normalized spacial score (nSPS) is 19.6. The Labute approximate surface area is 121 Å². The molecule has 1 aromatic rings. The molecule has 0 aromatic heterocycles. The standard InChI is InChI=1S/C17H23NO2/c1-11(2)16(19)14-6-5-9-18(17(14)20)15-10-12(3)7-8-13(15)4/h7-8,10-11,14H,5-6,9H2,1-4H3. The SMILES string of the molecule is Cc1ccc(C)c(N2CCCC(C(=O)C(C)C)C2=O)c1. The van der Waals surface area contributed by atoms with Crippen LogP contribution in [0.2, 0.25) is 0 Å². The Balaban J connectivity index is 2.31. The highest BCUT2D eigenvalue weighted by molar-refractivity contribution is 6.09. The average molecular weight is 273 g/mol. The van der Waals surface area contributed by atoms with Crippen LogP contribution in [0.15, 0.2) is 18.2 Å². The Morgan fingerprint density at radius 2 is 2.00 bits per heavy atom. The lowest BCUT2D eigenvalue weighted by atomic mass is 9.87. The van der Waals surface area contributed by atoms with Crippen molar-refractivity contribution in [3.63, 3.8) is 0 Å². The molecule has 0 radical (unpaired) electrons. The van der Waals surface area contributed by atoms with E-state index in [2.05, 4.69) is 0 Å². The van der Waals surface area contributed by atoms with Gasteiger partial charge in [0.25, 0.3) is 0 Å². The predicted molar refractivity (Wildman–Crippen MR) is 80.8 cm³/mol. The first kappa shape index (κ1) is 14.8. The maximum atomic E-state index is 12.6. The van der Waals surface area contributed by atoms with E-state index in [1.807, 2.05) is 45.9 Å². The summed E-state index contributed by atoms with van der Waals surface area (Å²) in [5.74, 6) is -0.486. The average Bonchev–Trinajstić information content (AvgIpc) is 2.41. The third-order valence-corrected chi connectivity index (χ3v) is 4.01. The Kier molecular flexibility index (Phi) is 4.26. The van der Waals surface area contributed by atoms with Crippen molar-refractivity contribution in [1.82, 2.24) is 0 Å². The van der Waals surface area contributed by atoms with Crippen LogP contribution in [0.3, 0.4) is 0 Å². The second-order valence-electron chi connectivity index (χ2n) is 6.03. The van der Waals surface area contributed by atoms with Gasteiger partial charge in [0.15, 0.2) is 0 Å². The molecule has 0 spiro atoms. The number of Topliss-reactive ketones (excluding diaryl/α,β-unsaturated/α-hetero) is 1. The fourth-order valence-electron chi connectivity index (χ4n) is 2.79. The lowest BCUT2D eigenvalue weighted by Crippen LogP contribution is -2.45. The Hall–Kier alpha value is -1.64. The van der Waals surface area contributed by atoms with E-state index < -0.39 is 5.92 Å². The van der Waals surface area contributed by atoms with Crippen LogP contribution in [0.5, 0.6) is 0 Å². The van der Waals surface area contributed by atoms with Crippen molar-refractivity contribution in [3.05, 3.63) is 29.3 Å². The highest BCUT2D eigenvalue weighted by Crippen LogP contribution is 2.29. The summed E-state index contributed by atoms with van der Waals surface area (Å²) in [5.41, 5.74) is 3.17. The molecular formula is C17H23NO2. The van der Waals surface area contributed by atoms with Crippen molar-refractivity contribution in [2.24, 2.45) is 11.8 Å². The first-order chi connectivity index (χ1) is 9.41. The van der Waals surface area contributed by atoms with Gasteiger partial charge < -0.3 is 4.90 Å². The highest BCUT2D eigenvalue weighted by atomic mass is 16.2. The molecule has 0 saturated carbocycles. The first-order valence-corrected chi connectivity index (χ1v) is 7.34. The molecule has 0 bridgehead atoms. The molecule has 1 amide bonds. The summed E-state index contributed by atoms with van der Waals surface area (Å²) in [6.07, 6.45) is 1.58. The summed E-state index contributed by atoms with van der Waals surface area (Å²) in [5, 5.41) is 0. The summed E-state index contributed by atoms with van der Waals surface area (Å²) in [7, 11) is 0. The molecule has 3 heteroatoms. The minimum absolute atomic E-state index is 0.0244. The summed E-state index contributed by atoms with van der Waals surface area (Å²) < 4.78 is 0. The minimum atomic E-state index is -0.455. The van der Waals surface area contributed by atoms with Crippen LogP contribution in [-0.2, 0) is 9.59 Å². The Morgan fingerprint density at radius 1 is 1.30 bits per heavy atom. The van der Waals surface area contributed by atoms with E-state index in [1.54, 1.807) is 4.90 Å². The molecular weight excluding hydrogens is 250 g/mol. The van der Waals surface area contributed by atoms with Crippen LogP contribution in [0.4, 0.5) is 5.69 Å². The number of ketones is 1. The van der Waals surface area contributed by atoms with Gasteiger partial charge in [0, 0.05) is 18.2 Å². The van der Waals surface area contributed by atoms with E-state index in [-0.39, 0.29) is 17.6 Å². The fraction of sp³-hybridized carbons (Fsp3) is 0.529. The van der Waals surface area contributed by atoms with Crippen LogP contribution in [0.25, 0.3) is 0 Å². The second kappa shape index (κ2) is 5.78. The third-order valence-electron chi connectivity index (χ3n) is 4.01. The highest BCUT2D eigenvalue weighted by Gasteiger charge is 2.35. The summed E-state index contributed by atoms with van der Waals surface area (Å²) in [6.45, 7) is 8.48. The van der Waals surface area contributed by atoms with Crippen molar-refractivity contribution in [2.45, 2.75) is 40.5 Å². The van der Waals surface area contributed by atoms with Gasteiger partial charge in [-0.3, -0.25) is 9.59 Å². The number of rotatable bonds is 3. The smallest absolute Gasteiger partial charge is 0.237 e. The molecule has 1 aliphatic rings. The summed E-state index contributed by atoms with van der Waals surface area (Å²) in [4.78, 5) is 26.6. The van der Waals surface area contributed by atoms with Crippen LogP contribution >= 0.6 is 0 Å². The lowest BCUT2D eigenvalue weighted by molar-refractivity contribution is -0.135. The number of benzene rings is 1. The maximum absolute atomic E-state index is 12.6. The number of amides is 1. The molecule has 1 fully saturated rings. The number of hydrogen-bond donors (Lipinski definition) is 0. The molecule has 1 unspecified atom stereocenters. The van der Waals surface area contributed by atoms with Gasteiger partial charge in [0.2, 0.25) is 5.91 Å². The number of aryl methyl sites for hydroxylation is 2. The molecule has 3 nitrogen and oxygen atoms in total. The van der Waals surface area contributed by atoms with Crippen molar-refractivity contribution >= 4 is 17.4 Å². The van der Waals surface area contributed by atoms with E-state index in [0.29, 0.717) is 13.0 Å². The van der Waals surface area contributed by atoms with Crippen molar-refractivity contribution in [2.75, 3.05) is 11.4 Å². The topological polar surface area (TPSA) is 37.4 Å². The van der Waals surface area contributed by atoms with Gasteiger partial charge in [-0.1, -0.05) is 26.0 Å². The van der Waals surface area contributed by atoms with Gasteiger partial charge in [-0.2, -0.15) is 0 Å². The van der Waals surface area contributed by atoms with Crippen molar-refractivity contribution in [1.29, 1.82) is 0 Å². The number of piperidine rings is 1. The number of nitrogens with zero attached hydrogens (tertiary/aromatic N) is 1. The molecule has 20 heavy (non-hydrogen) atoms. The monoisotopic (exact) mass is 273 g/mol. The molecule has 1 atom stereocenters. The van der Waals surface area contributed by atoms with E-state index >= 15 is 0 Å². The van der Waals surface area contributed by atoms with Crippen LogP contribution in [0.1, 0.15) is 37.8 Å². The van der Waals surface area contributed by atoms with E-state index in [9.17, 15) is 9.59 Å². The van der Waals surface area contributed by atoms with Gasteiger partial charge in [-0.25, -0.2) is 0 Å². The summed E-state index contributed by atoms with van der Waals surface area (Å²) >= 11 is 0. The van der Waals surface area contributed by atoms with Crippen LogP contribution in [0, 0.1) is 25.7 Å². The molecule has 1 saturated heterocycles. The zero-order chi connectivity index (χ0) is 14.9. The minimum Gasteiger partial charge on any atom is -0.312 e. The number of carbonyl (C=O) groups excluding carboxylic acids is 2. The molecule has 2 rings (SSSR count). The van der Waals surface area contributed by atoms with Gasteiger partial charge >= 0.3 is 0 Å². The number of anilines is 1. The van der Waals surface area contributed by atoms with Crippen molar-refractivity contribution < 1.29 is 9.59 Å². The molecule has 1 heterocycles. The maximum Gasteiger partial charge on any atom is 0.237 e.